The van der Waals surface area contributed by atoms with Crippen LogP contribution in [0.25, 0.3) is 0 Å². The van der Waals surface area contributed by atoms with Crippen LogP contribution < -0.4 is 10.1 Å². The van der Waals surface area contributed by atoms with Gasteiger partial charge in [0.2, 0.25) is 0 Å². The van der Waals surface area contributed by atoms with Crippen LogP contribution in [-0.2, 0) is 6.54 Å². The Labute approximate surface area is 113 Å². The molecule has 0 aliphatic carbocycles. The number of thioether (sulfide) groups is 1. The monoisotopic (exact) mass is 271 g/mol. The standard InChI is InChI=1S/C14H22FNOS/c1-3-16-11-12-6-7-14(13(15)10-12)17-8-5-9-18-4-2/h6-7,10,16H,3-5,8-9,11H2,1-2H3. The van der Waals surface area contributed by atoms with Gasteiger partial charge in [0.15, 0.2) is 11.6 Å². The molecular formula is C14H22FNOS. The molecule has 1 aromatic carbocycles. The third kappa shape index (κ3) is 5.74. The summed E-state index contributed by atoms with van der Waals surface area (Å²) in [7, 11) is 0. The molecule has 0 saturated carbocycles. The highest BCUT2D eigenvalue weighted by atomic mass is 32.2. The van der Waals surface area contributed by atoms with Gasteiger partial charge < -0.3 is 10.1 Å². The fourth-order valence-corrected chi connectivity index (χ4v) is 2.14. The van der Waals surface area contributed by atoms with Crippen LogP contribution in [0, 0.1) is 5.82 Å². The number of benzene rings is 1. The smallest absolute Gasteiger partial charge is 0.165 e. The van der Waals surface area contributed by atoms with Crippen LogP contribution in [0.4, 0.5) is 4.39 Å². The summed E-state index contributed by atoms with van der Waals surface area (Å²) in [5.74, 6) is 2.27. The zero-order valence-corrected chi connectivity index (χ0v) is 12.0. The van der Waals surface area contributed by atoms with E-state index < -0.39 is 0 Å². The van der Waals surface area contributed by atoms with Crippen LogP contribution in [0.1, 0.15) is 25.8 Å². The van der Waals surface area contributed by atoms with Gasteiger partial charge in [0.1, 0.15) is 0 Å². The normalized spacial score (nSPS) is 10.6. The number of hydrogen-bond acceptors (Lipinski definition) is 3. The number of ether oxygens (including phenoxy) is 1. The quantitative estimate of drug-likeness (QED) is 0.695. The molecule has 18 heavy (non-hydrogen) atoms. The average Bonchev–Trinajstić information content (AvgIpc) is 2.38. The van der Waals surface area contributed by atoms with Crippen molar-refractivity contribution in [3.8, 4) is 5.75 Å². The summed E-state index contributed by atoms with van der Waals surface area (Å²) in [6, 6.07) is 5.16. The average molecular weight is 271 g/mol. The van der Waals surface area contributed by atoms with Gasteiger partial charge in [-0.05, 0) is 42.2 Å². The van der Waals surface area contributed by atoms with Gasteiger partial charge in [-0.1, -0.05) is 19.9 Å². The Morgan fingerprint density at radius 1 is 1.33 bits per heavy atom. The SMILES string of the molecule is CCNCc1ccc(OCCCSCC)c(F)c1. The summed E-state index contributed by atoms with van der Waals surface area (Å²) in [6.45, 7) is 6.32. The lowest BCUT2D eigenvalue weighted by Crippen LogP contribution is -2.12. The van der Waals surface area contributed by atoms with Crippen molar-refractivity contribution >= 4 is 11.8 Å². The minimum atomic E-state index is -0.270. The molecule has 0 spiro atoms. The Kier molecular flexibility index (Phi) is 7.85. The second-order valence-corrected chi connectivity index (χ2v) is 5.34. The molecular weight excluding hydrogens is 249 g/mol. The summed E-state index contributed by atoms with van der Waals surface area (Å²) >= 11 is 1.88. The summed E-state index contributed by atoms with van der Waals surface area (Å²) in [6.07, 6.45) is 0.955. The van der Waals surface area contributed by atoms with E-state index in [1.54, 1.807) is 12.1 Å². The first kappa shape index (κ1) is 15.3. The summed E-state index contributed by atoms with van der Waals surface area (Å²) in [5.41, 5.74) is 0.947. The predicted molar refractivity (Wildman–Crippen MR) is 76.9 cm³/mol. The second kappa shape index (κ2) is 9.22. The van der Waals surface area contributed by atoms with Crippen molar-refractivity contribution in [1.82, 2.24) is 5.32 Å². The van der Waals surface area contributed by atoms with Crippen molar-refractivity contribution in [3.05, 3.63) is 29.6 Å². The van der Waals surface area contributed by atoms with E-state index in [0.29, 0.717) is 18.9 Å². The van der Waals surface area contributed by atoms with Gasteiger partial charge >= 0.3 is 0 Å². The highest BCUT2D eigenvalue weighted by Gasteiger charge is 2.04. The molecule has 0 bridgehead atoms. The molecule has 1 N–H and O–H groups in total. The zero-order valence-electron chi connectivity index (χ0n) is 11.2. The van der Waals surface area contributed by atoms with Gasteiger partial charge in [-0.15, -0.1) is 0 Å². The Morgan fingerprint density at radius 2 is 2.17 bits per heavy atom. The molecule has 0 fully saturated rings. The molecule has 0 aromatic heterocycles. The molecule has 0 aliphatic heterocycles. The first-order valence-electron chi connectivity index (χ1n) is 6.47. The Morgan fingerprint density at radius 3 is 2.83 bits per heavy atom. The Bertz CT molecular complexity index is 347. The number of halogens is 1. The molecule has 0 atom stereocenters. The van der Waals surface area contributed by atoms with Crippen LogP contribution in [0.5, 0.6) is 5.75 Å². The first-order chi connectivity index (χ1) is 8.77. The zero-order chi connectivity index (χ0) is 13.2. The third-order valence-electron chi connectivity index (χ3n) is 2.47. The van der Waals surface area contributed by atoms with Crippen LogP contribution in [0.3, 0.4) is 0 Å². The molecule has 1 aromatic rings. The predicted octanol–water partition coefficient (Wildman–Crippen LogP) is 3.46. The highest BCUT2D eigenvalue weighted by molar-refractivity contribution is 7.99. The van der Waals surface area contributed by atoms with E-state index in [1.807, 2.05) is 24.8 Å². The minimum Gasteiger partial charge on any atom is -0.490 e. The van der Waals surface area contributed by atoms with Crippen molar-refractivity contribution in [2.24, 2.45) is 0 Å². The van der Waals surface area contributed by atoms with E-state index in [0.717, 1.165) is 30.0 Å². The molecule has 4 heteroatoms. The van der Waals surface area contributed by atoms with Crippen molar-refractivity contribution in [3.63, 3.8) is 0 Å². The van der Waals surface area contributed by atoms with E-state index in [2.05, 4.69) is 12.2 Å². The highest BCUT2D eigenvalue weighted by Crippen LogP contribution is 2.18. The van der Waals surface area contributed by atoms with Crippen molar-refractivity contribution in [2.45, 2.75) is 26.8 Å². The Hall–Kier alpha value is -0.740. The third-order valence-corrected chi connectivity index (χ3v) is 3.46. The molecule has 1 rings (SSSR count). The van der Waals surface area contributed by atoms with E-state index in [-0.39, 0.29) is 5.82 Å². The molecule has 0 saturated heterocycles. The minimum absolute atomic E-state index is 0.270. The van der Waals surface area contributed by atoms with Crippen LogP contribution in [0.2, 0.25) is 0 Å². The summed E-state index contributed by atoms with van der Waals surface area (Å²) < 4.78 is 19.1. The van der Waals surface area contributed by atoms with Gasteiger partial charge in [-0.2, -0.15) is 11.8 Å². The van der Waals surface area contributed by atoms with Gasteiger partial charge in [0.25, 0.3) is 0 Å². The fourth-order valence-electron chi connectivity index (χ4n) is 1.53. The van der Waals surface area contributed by atoms with Crippen LogP contribution in [0.15, 0.2) is 18.2 Å². The van der Waals surface area contributed by atoms with E-state index in [9.17, 15) is 4.39 Å². The lowest BCUT2D eigenvalue weighted by Gasteiger charge is -2.09. The van der Waals surface area contributed by atoms with Crippen molar-refractivity contribution in [1.29, 1.82) is 0 Å². The maximum absolute atomic E-state index is 13.7. The molecule has 0 radical (unpaired) electrons. The van der Waals surface area contributed by atoms with E-state index in [4.69, 9.17) is 4.74 Å². The van der Waals surface area contributed by atoms with Gasteiger partial charge in [0.05, 0.1) is 6.61 Å². The molecule has 0 unspecified atom stereocenters. The molecule has 2 nitrogen and oxygen atoms in total. The number of rotatable bonds is 9. The van der Waals surface area contributed by atoms with Gasteiger partial charge in [-0.3, -0.25) is 0 Å². The molecule has 102 valence electrons. The van der Waals surface area contributed by atoms with Crippen molar-refractivity contribution in [2.75, 3.05) is 24.7 Å². The van der Waals surface area contributed by atoms with Crippen LogP contribution >= 0.6 is 11.8 Å². The largest absolute Gasteiger partial charge is 0.490 e. The Balaban J connectivity index is 2.37. The molecule has 0 heterocycles. The number of hydrogen-bond donors (Lipinski definition) is 1. The number of nitrogens with one attached hydrogen (secondary N) is 1. The second-order valence-electron chi connectivity index (χ2n) is 3.94. The fraction of sp³-hybridized carbons (Fsp3) is 0.571. The molecule has 0 amide bonds. The maximum Gasteiger partial charge on any atom is 0.165 e. The van der Waals surface area contributed by atoms with Crippen molar-refractivity contribution < 1.29 is 9.13 Å². The van der Waals surface area contributed by atoms with Gasteiger partial charge in [-0.25, -0.2) is 4.39 Å². The lowest BCUT2D eigenvalue weighted by molar-refractivity contribution is 0.302. The summed E-state index contributed by atoms with van der Waals surface area (Å²) in [5, 5.41) is 3.17. The van der Waals surface area contributed by atoms with E-state index >= 15 is 0 Å². The van der Waals surface area contributed by atoms with Crippen LogP contribution in [-0.4, -0.2) is 24.7 Å². The lowest BCUT2D eigenvalue weighted by atomic mass is 10.2. The first-order valence-corrected chi connectivity index (χ1v) is 7.63. The van der Waals surface area contributed by atoms with Gasteiger partial charge in [0, 0.05) is 6.54 Å². The molecule has 0 aliphatic rings. The summed E-state index contributed by atoms with van der Waals surface area (Å²) in [4.78, 5) is 0. The maximum atomic E-state index is 13.7. The van der Waals surface area contributed by atoms with E-state index in [1.165, 1.54) is 0 Å². The topological polar surface area (TPSA) is 21.3 Å².